The van der Waals surface area contributed by atoms with Crippen LogP contribution in [0.5, 0.6) is 0 Å². The van der Waals surface area contributed by atoms with Gasteiger partial charge in [-0.15, -0.1) is 0 Å². The minimum absolute atomic E-state index is 0.0739. The highest BCUT2D eigenvalue weighted by Crippen LogP contribution is 2.30. The van der Waals surface area contributed by atoms with E-state index in [1.54, 1.807) is 12.1 Å². The van der Waals surface area contributed by atoms with Crippen LogP contribution in [-0.2, 0) is 9.59 Å². The van der Waals surface area contributed by atoms with Gasteiger partial charge in [-0.1, -0.05) is 6.07 Å². The number of carbonyl (C=O) groups excluding carboxylic acids is 2. The third kappa shape index (κ3) is 3.66. The summed E-state index contributed by atoms with van der Waals surface area (Å²) in [6.45, 7) is 3.94. The zero-order valence-electron chi connectivity index (χ0n) is 14.4. The molecule has 0 spiro atoms. The fraction of sp³-hybridized carbons (Fsp3) is 0.211. The maximum absolute atomic E-state index is 12.3. The lowest BCUT2D eigenvalue weighted by molar-refractivity contribution is -0.122. The molecule has 0 saturated heterocycles. The van der Waals surface area contributed by atoms with Crippen molar-refractivity contribution in [3.8, 4) is 0 Å². The lowest BCUT2D eigenvalue weighted by Gasteiger charge is -2.27. The summed E-state index contributed by atoms with van der Waals surface area (Å²) in [7, 11) is 0. The van der Waals surface area contributed by atoms with Crippen molar-refractivity contribution < 1.29 is 19.5 Å². The molecule has 3 rings (SSSR count). The van der Waals surface area contributed by atoms with Crippen LogP contribution in [0.25, 0.3) is 0 Å². The Bertz CT molecular complexity index is 908. The minimum atomic E-state index is -1.07. The molecule has 0 aromatic heterocycles. The van der Waals surface area contributed by atoms with Crippen molar-refractivity contribution in [1.82, 2.24) is 0 Å². The van der Waals surface area contributed by atoms with Crippen molar-refractivity contribution in [1.29, 1.82) is 0 Å². The van der Waals surface area contributed by atoms with Crippen molar-refractivity contribution in [2.75, 3.05) is 16.0 Å². The second kappa shape index (κ2) is 6.87. The van der Waals surface area contributed by atoms with E-state index in [2.05, 4.69) is 16.0 Å². The van der Waals surface area contributed by atoms with Gasteiger partial charge in [0.1, 0.15) is 6.04 Å². The number of carbonyl (C=O) groups is 3. The number of carboxylic acid groups (broad SMARTS) is 1. The maximum Gasteiger partial charge on any atom is 0.335 e. The molecule has 26 heavy (non-hydrogen) atoms. The molecular formula is C19H19N3O4. The summed E-state index contributed by atoms with van der Waals surface area (Å²) in [6, 6.07) is 9.08. The topological polar surface area (TPSA) is 108 Å². The van der Waals surface area contributed by atoms with E-state index in [9.17, 15) is 14.4 Å². The van der Waals surface area contributed by atoms with Gasteiger partial charge in [-0.25, -0.2) is 4.79 Å². The molecule has 0 unspecified atom stereocenters. The third-order valence-electron chi connectivity index (χ3n) is 4.32. The molecule has 0 radical (unpaired) electrons. The molecule has 1 aliphatic rings. The SMILES string of the molecule is Cc1cc2c(cc1C)N[C@H](CC(=O)Nc1cccc(C(=O)O)c1)C(=O)N2. The van der Waals surface area contributed by atoms with Crippen LogP contribution >= 0.6 is 0 Å². The molecule has 0 saturated carbocycles. The average molecular weight is 353 g/mol. The number of aryl methyl sites for hydroxylation is 2. The predicted octanol–water partition coefficient (Wildman–Crippen LogP) is 2.76. The third-order valence-corrected chi connectivity index (χ3v) is 4.32. The van der Waals surface area contributed by atoms with E-state index in [4.69, 9.17) is 5.11 Å². The summed E-state index contributed by atoms with van der Waals surface area (Å²) in [6.07, 6.45) is -0.0739. The lowest BCUT2D eigenvalue weighted by atomic mass is 10.0. The van der Waals surface area contributed by atoms with Crippen LogP contribution in [0.1, 0.15) is 27.9 Å². The van der Waals surface area contributed by atoms with Crippen molar-refractivity contribution >= 4 is 34.8 Å². The summed E-state index contributed by atoms with van der Waals surface area (Å²) in [4.78, 5) is 35.5. The maximum atomic E-state index is 12.3. The normalized spacial score (nSPS) is 15.5. The molecule has 2 aromatic carbocycles. The molecule has 0 bridgehead atoms. The van der Waals surface area contributed by atoms with Gasteiger partial charge in [0.25, 0.3) is 0 Å². The molecule has 2 amide bonds. The molecule has 7 nitrogen and oxygen atoms in total. The van der Waals surface area contributed by atoms with E-state index in [0.717, 1.165) is 16.8 Å². The number of fused-ring (bicyclic) bond motifs is 1. The van der Waals surface area contributed by atoms with Gasteiger partial charge in [-0.3, -0.25) is 9.59 Å². The number of carboxylic acids is 1. The van der Waals surface area contributed by atoms with Crippen LogP contribution < -0.4 is 16.0 Å². The van der Waals surface area contributed by atoms with Gasteiger partial charge >= 0.3 is 5.97 Å². The zero-order valence-corrected chi connectivity index (χ0v) is 14.4. The highest BCUT2D eigenvalue weighted by Gasteiger charge is 2.28. The Kier molecular flexibility index (Phi) is 4.62. The average Bonchev–Trinajstić information content (AvgIpc) is 2.57. The Labute approximate surface area is 150 Å². The van der Waals surface area contributed by atoms with E-state index >= 15 is 0 Å². The number of anilines is 3. The molecule has 1 atom stereocenters. The second-order valence-corrected chi connectivity index (χ2v) is 6.31. The highest BCUT2D eigenvalue weighted by molar-refractivity contribution is 6.06. The van der Waals surface area contributed by atoms with Gasteiger partial charge in [0.05, 0.1) is 23.4 Å². The summed E-state index contributed by atoms with van der Waals surface area (Å²) in [5, 5.41) is 17.5. The van der Waals surface area contributed by atoms with E-state index in [1.165, 1.54) is 12.1 Å². The number of rotatable bonds is 4. The predicted molar refractivity (Wildman–Crippen MR) is 98.6 cm³/mol. The molecule has 7 heteroatoms. The largest absolute Gasteiger partial charge is 0.478 e. The molecule has 0 fully saturated rings. The Morgan fingerprint density at radius 1 is 1.12 bits per heavy atom. The van der Waals surface area contributed by atoms with Crippen molar-refractivity contribution in [2.45, 2.75) is 26.3 Å². The molecule has 1 heterocycles. The molecule has 134 valence electrons. The smallest absolute Gasteiger partial charge is 0.335 e. The van der Waals surface area contributed by atoms with Crippen LogP contribution in [-0.4, -0.2) is 28.9 Å². The van der Waals surface area contributed by atoms with Gasteiger partial charge in [-0.2, -0.15) is 0 Å². The number of benzene rings is 2. The molecule has 0 aliphatic carbocycles. The minimum Gasteiger partial charge on any atom is -0.478 e. The standard InChI is InChI=1S/C19H19N3O4/c1-10-6-14-15(7-11(10)2)22-18(24)16(21-14)9-17(23)20-13-5-3-4-12(8-13)19(25)26/h3-8,16,21H,9H2,1-2H3,(H,20,23)(H,22,24)(H,25,26)/t16-/m1/s1. The van der Waals surface area contributed by atoms with Crippen molar-refractivity contribution in [3.63, 3.8) is 0 Å². The Morgan fingerprint density at radius 2 is 1.81 bits per heavy atom. The summed E-state index contributed by atoms with van der Waals surface area (Å²) < 4.78 is 0. The second-order valence-electron chi connectivity index (χ2n) is 6.31. The van der Waals surface area contributed by atoms with Gasteiger partial charge in [0, 0.05) is 5.69 Å². The highest BCUT2D eigenvalue weighted by atomic mass is 16.4. The van der Waals surface area contributed by atoms with Crippen LogP contribution in [0.15, 0.2) is 36.4 Å². The van der Waals surface area contributed by atoms with Crippen LogP contribution in [0.2, 0.25) is 0 Å². The van der Waals surface area contributed by atoms with E-state index in [0.29, 0.717) is 11.4 Å². The first-order chi connectivity index (χ1) is 12.3. The van der Waals surface area contributed by atoms with Gasteiger partial charge in [-0.05, 0) is 55.3 Å². The molecular weight excluding hydrogens is 334 g/mol. The lowest BCUT2D eigenvalue weighted by Crippen LogP contribution is -2.41. The number of hydrogen-bond donors (Lipinski definition) is 4. The molecule has 2 aromatic rings. The first kappa shape index (κ1) is 17.5. The van der Waals surface area contributed by atoms with E-state index in [1.807, 2.05) is 26.0 Å². The fourth-order valence-corrected chi connectivity index (χ4v) is 2.78. The van der Waals surface area contributed by atoms with Crippen LogP contribution in [0.3, 0.4) is 0 Å². The van der Waals surface area contributed by atoms with Crippen molar-refractivity contribution in [2.24, 2.45) is 0 Å². The van der Waals surface area contributed by atoms with Crippen LogP contribution in [0.4, 0.5) is 17.1 Å². The fourth-order valence-electron chi connectivity index (χ4n) is 2.78. The van der Waals surface area contributed by atoms with Gasteiger partial charge < -0.3 is 21.1 Å². The quantitative estimate of drug-likeness (QED) is 0.676. The monoisotopic (exact) mass is 353 g/mol. The first-order valence-corrected chi connectivity index (χ1v) is 8.15. The van der Waals surface area contributed by atoms with Crippen molar-refractivity contribution in [3.05, 3.63) is 53.1 Å². The summed E-state index contributed by atoms with van der Waals surface area (Å²) in [5.74, 6) is -1.74. The summed E-state index contributed by atoms with van der Waals surface area (Å²) >= 11 is 0. The number of hydrogen-bond acceptors (Lipinski definition) is 4. The number of aromatic carboxylic acids is 1. The Hall–Kier alpha value is -3.35. The van der Waals surface area contributed by atoms with Gasteiger partial charge in [0.2, 0.25) is 11.8 Å². The van der Waals surface area contributed by atoms with Crippen LogP contribution in [0, 0.1) is 13.8 Å². The first-order valence-electron chi connectivity index (χ1n) is 8.15. The Morgan fingerprint density at radius 3 is 2.50 bits per heavy atom. The number of nitrogens with one attached hydrogen (secondary N) is 3. The van der Waals surface area contributed by atoms with Gasteiger partial charge in [0.15, 0.2) is 0 Å². The molecule has 4 N–H and O–H groups in total. The van der Waals surface area contributed by atoms with E-state index < -0.39 is 12.0 Å². The van der Waals surface area contributed by atoms with E-state index in [-0.39, 0.29) is 23.8 Å². The zero-order chi connectivity index (χ0) is 18.8. The molecule has 1 aliphatic heterocycles. The number of amides is 2. The summed E-state index contributed by atoms with van der Waals surface area (Å²) in [5.41, 5.74) is 4.08. The Balaban J connectivity index is 1.69.